The number of rotatable bonds is 6. The molecule has 0 spiro atoms. The largest absolute Gasteiger partial charge is 0.379 e. The first-order chi connectivity index (χ1) is 11.1. The zero-order chi connectivity index (χ0) is 16.3. The summed E-state index contributed by atoms with van der Waals surface area (Å²) >= 11 is 1.30. The van der Waals surface area contributed by atoms with Crippen LogP contribution in [0.25, 0.3) is 0 Å². The van der Waals surface area contributed by atoms with Crippen LogP contribution in [0, 0.1) is 0 Å². The molecule has 0 unspecified atom stereocenters. The Morgan fingerprint density at radius 1 is 1.35 bits per heavy atom. The van der Waals surface area contributed by atoms with Crippen LogP contribution >= 0.6 is 11.8 Å². The molecule has 9 heteroatoms. The highest BCUT2D eigenvalue weighted by atomic mass is 32.2. The summed E-state index contributed by atoms with van der Waals surface area (Å²) in [6.07, 6.45) is 3.47. The molecule has 23 heavy (non-hydrogen) atoms. The van der Waals surface area contributed by atoms with Gasteiger partial charge in [-0.1, -0.05) is 11.8 Å². The highest BCUT2D eigenvalue weighted by molar-refractivity contribution is 7.99. The number of carbonyl (C=O) groups is 1. The zero-order valence-corrected chi connectivity index (χ0v) is 14.2. The molecular formula is C14H19N3O4S2. The van der Waals surface area contributed by atoms with Gasteiger partial charge in [0.05, 0.1) is 24.0 Å². The van der Waals surface area contributed by atoms with Gasteiger partial charge in [0.15, 0.2) is 0 Å². The van der Waals surface area contributed by atoms with E-state index in [9.17, 15) is 13.2 Å². The number of hydrogen-bond acceptors (Lipinski definition) is 6. The van der Waals surface area contributed by atoms with Crippen LogP contribution in [-0.2, 0) is 19.6 Å². The molecule has 1 aromatic rings. The standard InChI is InChI=1S/C14H19N3O4S2/c18-13(16-11-1-2-11)10-22-14-4-3-12(9-15-14)23(19,20)17-5-7-21-8-6-17/h3-4,9,11H,1-2,5-8,10H2,(H,16,18). The van der Waals surface area contributed by atoms with Crippen LogP contribution in [0.15, 0.2) is 28.3 Å². The SMILES string of the molecule is O=C(CSc1ccc(S(=O)(=O)N2CCOCC2)cn1)NC1CC1. The average molecular weight is 357 g/mol. The smallest absolute Gasteiger partial charge is 0.244 e. The molecule has 7 nitrogen and oxygen atoms in total. The van der Waals surface area contributed by atoms with E-state index in [1.807, 2.05) is 0 Å². The van der Waals surface area contributed by atoms with Crippen molar-refractivity contribution in [2.75, 3.05) is 32.1 Å². The molecule has 1 aliphatic carbocycles. The summed E-state index contributed by atoms with van der Waals surface area (Å²) in [6, 6.07) is 3.53. The number of amides is 1. The number of carbonyl (C=O) groups excluding carboxylic acids is 1. The Morgan fingerprint density at radius 2 is 2.09 bits per heavy atom. The van der Waals surface area contributed by atoms with Crippen LogP contribution in [0.5, 0.6) is 0 Å². The molecule has 1 saturated heterocycles. The van der Waals surface area contributed by atoms with Crippen molar-refractivity contribution in [3.8, 4) is 0 Å². The van der Waals surface area contributed by atoms with E-state index in [4.69, 9.17) is 4.74 Å². The van der Waals surface area contributed by atoms with Crippen molar-refractivity contribution in [2.24, 2.45) is 0 Å². The van der Waals surface area contributed by atoms with Crippen molar-refractivity contribution in [3.63, 3.8) is 0 Å². The van der Waals surface area contributed by atoms with Gasteiger partial charge in [0.1, 0.15) is 4.90 Å². The van der Waals surface area contributed by atoms with E-state index in [1.54, 1.807) is 12.1 Å². The van der Waals surface area contributed by atoms with Crippen molar-refractivity contribution < 1.29 is 17.9 Å². The van der Waals surface area contributed by atoms with Gasteiger partial charge in [-0.15, -0.1) is 0 Å². The maximum Gasteiger partial charge on any atom is 0.244 e. The van der Waals surface area contributed by atoms with E-state index < -0.39 is 10.0 Å². The highest BCUT2D eigenvalue weighted by Crippen LogP contribution is 2.22. The molecule has 2 aliphatic rings. The lowest BCUT2D eigenvalue weighted by molar-refractivity contribution is -0.118. The van der Waals surface area contributed by atoms with Gasteiger partial charge >= 0.3 is 0 Å². The molecule has 1 amide bonds. The van der Waals surface area contributed by atoms with Crippen LogP contribution in [0.2, 0.25) is 0 Å². The summed E-state index contributed by atoms with van der Waals surface area (Å²) < 4.78 is 31.5. The van der Waals surface area contributed by atoms with E-state index >= 15 is 0 Å². The van der Waals surface area contributed by atoms with E-state index in [2.05, 4.69) is 10.3 Å². The first kappa shape index (κ1) is 16.7. The number of thioether (sulfide) groups is 1. The molecule has 3 rings (SSSR count). The maximum atomic E-state index is 12.5. The summed E-state index contributed by atoms with van der Waals surface area (Å²) in [5.41, 5.74) is 0. The van der Waals surface area contributed by atoms with Crippen molar-refractivity contribution >= 4 is 27.7 Å². The first-order valence-corrected chi connectivity index (χ1v) is 9.94. The molecule has 1 N–H and O–H groups in total. The maximum absolute atomic E-state index is 12.5. The Bertz CT molecular complexity index is 653. The molecule has 2 fully saturated rings. The van der Waals surface area contributed by atoms with Gasteiger partial charge in [0.25, 0.3) is 0 Å². The number of sulfonamides is 1. The molecule has 1 aromatic heterocycles. The third-order valence-corrected chi connectivity index (χ3v) is 6.44. The zero-order valence-electron chi connectivity index (χ0n) is 12.6. The van der Waals surface area contributed by atoms with E-state index in [0.717, 1.165) is 12.8 Å². The van der Waals surface area contributed by atoms with Gasteiger partial charge in [0.2, 0.25) is 15.9 Å². The Labute approximate surface area is 139 Å². The van der Waals surface area contributed by atoms with Crippen LogP contribution < -0.4 is 5.32 Å². The molecule has 0 radical (unpaired) electrons. The number of pyridine rings is 1. The lowest BCUT2D eigenvalue weighted by atomic mass is 10.5. The Balaban J connectivity index is 1.58. The third-order valence-electron chi connectivity index (χ3n) is 3.61. The summed E-state index contributed by atoms with van der Waals surface area (Å²) in [4.78, 5) is 16.0. The first-order valence-electron chi connectivity index (χ1n) is 7.52. The van der Waals surface area contributed by atoms with Gasteiger partial charge in [-0.25, -0.2) is 13.4 Å². The topological polar surface area (TPSA) is 88.6 Å². The third kappa shape index (κ3) is 4.43. The number of morpholine rings is 1. The van der Waals surface area contributed by atoms with E-state index in [-0.39, 0.29) is 10.8 Å². The number of ether oxygens (including phenoxy) is 1. The number of nitrogens with one attached hydrogen (secondary N) is 1. The van der Waals surface area contributed by atoms with Gasteiger partial charge in [-0.3, -0.25) is 4.79 Å². The van der Waals surface area contributed by atoms with Gasteiger partial charge in [-0.05, 0) is 25.0 Å². The van der Waals surface area contributed by atoms with Crippen LogP contribution in [0.1, 0.15) is 12.8 Å². The Hall–Kier alpha value is -1.16. The lowest BCUT2D eigenvalue weighted by Crippen LogP contribution is -2.40. The normalized spacial score (nSPS) is 19.5. The second-order valence-corrected chi connectivity index (χ2v) is 8.41. The van der Waals surface area contributed by atoms with Crippen molar-refractivity contribution in [3.05, 3.63) is 18.3 Å². The number of aromatic nitrogens is 1. The van der Waals surface area contributed by atoms with Gasteiger partial charge < -0.3 is 10.1 Å². The Kier molecular flexibility index (Phi) is 5.20. The highest BCUT2D eigenvalue weighted by Gasteiger charge is 2.26. The fourth-order valence-electron chi connectivity index (χ4n) is 2.18. The molecule has 0 atom stereocenters. The number of hydrogen-bond donors (Lipinski definition) is 1. The van der Waals surface area contributed by atoms with E-state index in [0.29, 0.717) is 43.1 Å². The van der Waals surface area contributed by atoms with Crippen molar-refractivity contribution in [1.82, 2.24) is 14.6 Å². The minimum atomic E-state index is -3.52. The van der Waals surface area contributed by atoms with Crippen LogP contribution in [-0.4, -0.2) is 61.7 Å². The molecular weight excluding hydrogens is 338 g/mol. The van der Waals surface area contributed by atoms with Crippen molar-refractivity contribution in [1.29, 1.82) is 0 Å². The molecule has 1 aliphatic heterocycles. The summed E-state index contributed by atoms with van der Waals surface area (Å²) in [5.74, 6) is 0.281. The van der Waals surface area contributed by atoms with Crippen molar-refractivity contribution in [2.45, 2.75) is 28.8 Å². The van der Waals surface area contributed by atoms with Crippen LogP contribution in [0.4, 0.5) is 0 Å². The average Bonchev–Trinajstić information content (AvgIpc) is 3.38. The monoisotopic (exact) mass is 357 g/mol. The molecule has 0 bridgehead atoms. The predicted molar refractivity (Wildman–Crippen MR) is 85.7 cm³/mol. The Morgan fingerprint density at radius 3 is 2.70 bits per heavy atom. The molecule has 0 aromatic carbocycles. The molecule has 1 saturated carbocycles. The lowest BCUT2D eigenvalue weighted by Gasteiger charge is -2.25. The second kappa shape index (κ2) is 7.16. The minimum absolute atomic E-state index is 0.00989. The fourth-order valence-corrected chi connectivity index (χ4v) is 4.18. The summed E-state index contributed by atoms with van der Waals surface area (Å²) in [6.45, 7) is 1.55. The summed E-state index contributed by atoms with van der Waals surface area (Å²) in [7, 11) is -3.52. The minimum Gasteiger partial charge on any atom is -0.379 e. The predicted octanol–water partition coefficient (Wildman–Crippen LogP) is 0.473. The van der Waals surface area contributed by atoms with Crippen LogP contribution in [0.3, 0.4) is 0 Å². The van der Waals surface area contributed by atoms with E-state index in [1.165, 1.54) is 22.3 Å². The number of nitrogens with zero attached hydrogens (tertiary/aromatic N) is 2. The summed E-state index contributed by atoms with van der Waals surface area (Å²) in [5, 5.41) is 3.54. The van der Waals surface area contributed by atoms with Gasteiger partial charge in [0, 0.05) is 25.3 Å². The fraction of sp³-hybridized carbons (Fsp3) is 0.571. The molecule has 2 heterocycles. The van der Waals surface area contributed by atoms with Gasteiger partial charge in [-0.2, -0.15) is 4.31 Å². The second-order valence-electron chi connectivity index (χ2n) is 5.48. The quantitative estimate of drug-likeness (QED) is 0.745. The molecule has 126 valence electrons.